The van der Waals surface area contributed by atoms with Crippen LogP contribution in [0.4, 0.5) is 0 Å². The van der Waals surface area contributed by atoms with E-state index in [1.165, 1.54) is 225 Å². The SMILES string of the molecule is CCCCCCCCCCCCCCCCCCCCCCCCC(=O)OC[C@H](CO[C@H]1O[C@H](CS(=O)(=O)O)[C@@H](O)C(O)C1O)OC(=O)CCCCCCCCCCCCCCCCCCCCCCC. The molecule has 1 fully saturated rings. The first-order chi connectivity index (χ1) is 34.5. The van der Waals surface area contributed by atoms with E-state index in [0.29, 0.717) is 12.8 Å². The van der Waals surface area contributed by atoms with E-state index >= 15 is 0 Å². The Hall–Kier alpha value is -1.35. The second kappa shape index (κ2) is 48.3. The molecule has 4 N–H and O–H groups in total. The van der Waals surface area contributed by atoms with Gasteiger partial charge in [0.05, 0.1) is 6.61 Å². The molecule has 0 bridgehead atoms. The van der Waals surface area contributed by atoms with Gasteiger partial charge in [0.25, 0.3) is 10.1 Å². The van der Waals surface area contributed by atoms with E-state index in [9.17, 15) is 37.9 Å². The van der Waals surface area contributed by atoms with Gasteiger partial charge in [0, 0.05) is 12.8 Å². The molecule has 12 nitrogen and oxygen atoms in total. The van der Waals surface area contributed by atoms with Crippen molar-refractivity contribution in [1.29, 1.82) is 0 Å². The van der Waals surface area contributed by atoms with E-state index in [2.05, 4.69) is 13.8 Å². The first-order valence-corrected chi connectivity index (χ1v) is 31.7. The second-order valence-corrected chi connectivity index (χ2v) is 22.9. The molecule has 0 amide bonds. The van der Waals surface area contributed by atoms with Crippen LogP contribution in [0.25, 0.3) is 0 Å². The Kier molecular flexibility index (Phi) is 46.0. The fourth-order valence-electron chi connectivity index (χ4n) is 9.80. The molecule has 0 aromatic heterocycles. The Morgan fingerprint density at radius 3 is 1.03 bits per heavy atom. The van der Waals surface area contributed by atoms with Gasteiger partial charge in [-0.05, 0) is 12.8 Å². The maximum Gasteiger partial charge on any atom is 0.306 e. The number of aliphatic hydroxyl groups is 3. The largest absolute Gasteiger partial charge is 0.462 e. The van der Waals surface area contributed by atoms with Crippen molar-refractivity contribution < 1.29 is 56.8 Å². The summed E-state index contributed by atoms with van der Waals surface area (Å²) in [6.45, 7) is 3.85. The summed E-state index contributed by atoms with van der Waals surface area (Å²) in [4.78, 5) is 25.6. The van der Waals surface area contributed by atoms with Gasteiger partial charge >= 0.3 is 11.9 Å². The summed E-state index contributed by atoms with van der Waals surface area (Å²) in [5, 5.41) is 31.1. The van der Waals surface area contributed by atoms with E-state index < -0.39 is 71.2 Å². The van der Waals surface area contributed by atoms with E-state index in [0.717, 1.165) is 38.5 Å². The fourth-order valence-corrected chi connectivity index (χ4v) is 10.5. The molecule has 71 heavy (non-hydrogen) atoms. The molecule has 0 radical (unpaired) electrons. The molecule has 0 aromatic carbocycles. The molecule has 13 heteroatoms. The Morgan fingerprint density at radius 2 is 0.718 bits per heavy atom. The van der Waals surface area contributed by atoms with E-state index in [1.54, 1.807) is 0 Å². The van der Waals surface area contributed by atoms with Crippen LogP contribution >= 0.6 is 0 Å². The van der Waals surface area contributed by atoms with Crippen LogP contribution in [0.1, 0.15) is 303 Å². The maximum absolute atomic E-state index is 12.9. The molecular formula is C58H112O12S. The third-order valence-corrected chi connectivity index (χ3v) is 15.2. The van der Waals surface area contributed by atoms with Crippen LogP contribution in [0.2, 0.25) is 0 Å². The van der Waals surface area contributed by atoms with Gasteiger partial charge in [-0.15, -0.1) is 0 Å². The molecule has 0 aromatic rings. The monoisotopic (exact) mass is 1030 g/mol. The van der Waals surface area contributed by atoms with Crippen LogP contribution in [0, 0.1) is 0 Å². The lowest BCUT2D eigenvalue weighted by Crippen LogP contribution is -2.60. The zero-order chi connectivity index (χ0) is 51.9. The van der Waals surface area contributed by atoms with Crippen molar-refractivity contribution >= 4 is 22.1 Å². The Bertz CT molecular complexity index is 1300. The highest BCUT2D eigenvalue weighted by Crippen LogP contribution is 2.24. The molecule has 0 saturated carbocycles. The quantitative estimate of drug-likeness (QED) is 0.0257. The molecule has 422 valence electrons. The minimum Gasteiger partial charge on any atom is -0.462 e. The molecule has 1 aliphatic heterocycles. The van der Waals surface area contributed by atoms with Crippen molar-refractivity contribution in [1.82, 2.24) is 0 Å². The summed E-state index contributed by atoms with van der Waals surface area (Å²) in [6.07, 6.45) is 45.8. The summed E-state index contributed by atoms with van der Waals surface area (Å²) in [7, 11) is -4.60. The number of aliphatic hydroxyl groups excluding tert-OH is 3. The third kappa shape index (κ3) is 42.6. The first kappa shape index (κ1) is 67.7. The first-order valence-electron chi connectivity index (χ1n) is 30.1. The van der Waals surface area contributed by atoms with Crippen LogP contribution in [-0.2, 0) is 38.7 Å². The minimum absolute atomic E-state index is 0.173. The van der Waals surface area contributed by atoms with Gasteiger partial charge < -0.3 is 34.3 Å². The Balaban J connectivity index is 2.27. The topological polar surface area (TPSA) is 186 Å². The van der Waals surface area contributed by atoms with E-state index in [-0.39, 0.29) is 19.4 Å². The summed E-state index contributed by atoms with van der Waals surface area (Å²) < 4.78 is 54.5. The van der Waals surface area contributed by atoms with Crippen molar-refractivity contribution in [2.45, 2.75) is 340 Å². The number of carbonyl (C=O) groups excluding carboxylic acids is 2. The van der Waals surface area contributed by atoms with Crippen LogP contribution in [-0.4, -0.2) is 96.0 Å². The second-order valence-electron chi connectivity index (χ2n) is 21.4. The standard InChI is InChI=1S/C58H112O12S/c1-3-5-7-9-11-13-15-17-19-21-23-25-27-28-30-32-34-36-38-40-42-44-46-53(59)67-48-51(49-68-58-57(63)56(62)55(61)52(70-58)50-71(64,65)66)69-54(60)47-45-43-41-39-37-35-33-31-29-26-24-22-20-18-16-14-12-10-8-6-4-2/h51-52,55-58,61-63H,3-50H2,1-2H3,(H,64,65,66)/t51-,52-,55-,56?,57?,58+/m1/s1. The maximum atomic E-state index is 12.9. The highest BCUT2D eigenvalue weighted by molar-refractivity contribution is 7.85. The number of ether oxygens (including phenoxy) is 4. The van der Waals surface area contributed by atoms with Crippen molar-refractivity contribution in [3.8, 4) is 0 Å². The molecule has 2 unspecified atom stereocenters. The smallest absolute Gasteiger partial charge is 0.306 e. The highest BCUT2D eigenvalue weighted by atomic mass is 32.2. The zero-order valence-electron chi connectivity index (χ0n) is 45.9. The molecule has 1 aliphatic rings. The summed E-state index contributed by atoms with van der Waals surface area (Å²) in [6, 6.07) is 0. The zero-order valence-corrected chi connectivity index (χ0v) is 46.7. The molecule has 1 rings (SSSR count). The van der Waals surface area contributed by atoms with Crippen LogP contribution in [0.3, 0.4) is 0 Å². The van der Waals surface area contributed by atoms with Gasteiger partial charge in [-0.2, -0.15) is 8.42 Å². The number of unbranched alkanes of at least 4 members (excludes halogenated alkanes) is 41. The lowest BCUT2D eigenvalue weighted by molar-refractivity contribution is -0.297. The molecule has 0 aliphatic carbocycles. The minimum atomic E-state index is -4.60. The number of hydrogen-bond donors (Lipinski definition) is 4. The Morgan fingerprint density at radius 1 is 0.423 bits per heavy atom. The van der Waals surface area contributed by atoms with E-state index in [1.807, 2.05) is 0 Å². The lowest BCUT2D eigenvalue weighted by atomic mass is 10.00. The Labute approximate surface area is 435 Å². The summed E-state index contributed by atoms with van der Waals surface area (Å²) >= 11 is 0. The van der Waals surface area contributed by atoms with E-state index in [4.69, 9.17) is 18.9 Å². The van der Waals surface area contributed by atoms with Gasteiger partial charge in [-0.3, -0.25) is 14.1 Å². The normalized spacial score (nSPS) is 18.8. The number of rotatable bonds is 53. The molecule has 1 heterocycles. The third-order valence-electron chi connectivity index (χ3n) is 14.4. The fraction of sp³-hybridized carbons (Fsp3) is 0.966. The molecule has 1 saturated heterocycles. The number of esters is 2. The highest BCUT2D eigenvalue weighted by Gasteiger charge is 2.46. The lowest BCUT2D eigenvalue weighted by Gasteiger charge is -2.40. The van der Waals surface area contributed by atoms with Crippen LogP contribution in [0.5, 0.6) is 0 Å². The van der Waals surface area contributed by atoms with Crippen molar-refractivity contribution in [2.75, 3.05) is 19.0 Å². The van der Waals surface area contributed by atoms with Crippen molar-refractivity contribution in [3.63, 3.8) is 0 Å². The molecule has 0 spiro atoms. The van der Waals surface area contributed by atoms with Gasteiger partial charge in [-0.25, -0.2) is 0 Å². The van der Waals surface area contributed by atoms with Crippen molar-refractivity contribution in [3.05, 3.63) is 0 Å². The number of carbonyl (C=O) groups is 2. The van der Waals surface area contributed by atoms with Gasteiger partial charge in [-0.1, -0.05) is 277 Å². The average Bonchev–Trinajstić information content (AvgIpc) is 3.34. The summed E-state index contributed by atoms with van der Waals surface area (Å²) in [5.74, 6) is -1.95. The van der Waals surface area contributed by atoms with Crippen LogP contribution in [0.15, 0.2) is 0 Å². The van der Waals surface area contributed by atoms with Gasteiger partial charge in [0.15, 0.2) is 12.4 Å². The van der Waals surface area contributed by atoms with Crippen molar-refractivity contribution in [2.24, 2.45) is 0 Å². The van der Waals surface area contributed by atoms with Gasteiger partial charge in [0.1, 0.15) is 36.8 Å². The average molecular weight is 1030 g/mol. The summed E-state index contributed by atoms with van der Waals surface area (Å²) in [5.41, 5.74) is 0. The number of hydrogen-bond acceptors (Lipinski definition) is 11. The molecular weight excluding hydrogens is 921 g/mol. The predicted octanol–water partition coefficient (Wildman–Crippen LogP) is 14.7. The molecule has 6 atom stereocenters. The predicted molar refractivity (Wildman–Crippen MR) is 289 cm³/mol. The van der Waals surface area contributed by atoms with Crippen LogP contribution < -0.4 is 0 Å². The van der Waals surface area contributed by atoms with Gasteiger partial charge in [0.2, 0.25) is 0 Å².